The SMILES string of the molecule is CCCCNc1nc(N)c2c(n1)N(CCCCN1CCN(C(C)C)CC1)C(C=O)N2. The highest BCUT2D eigenvalue weighted by Gasteiger charge is 2.32. The number of hydrogen-bond donors (Lipinski definition) is 3. The van der Waals surface area contributed by atoms with Crippen LogP contribution in [0, 0.1) is 0 Å². The topological polar surface area (TPSA) is 103 Å². The molecule has 3 heterocycles. The van der Waals surface area contributed by atoms with Crippen molar-refractivity contribution in [3.8, 4) is 0 Å². The van der Waals surface area contributed by atoms with Gasteiger partial charge in [0.25, 0.3) is 0 Å². The van der Waals surface area contributed by atoms with Crippen LogP contribution in [0.2, 0.25) is 0 Å². The van der Waals surface area contributed by atoms with Gasteiger partial charge in [0.15, 0.2) is 24.1 Å². The van der Waals surface area contributed by atoms with E-state index >= 15 is 0 Å². The molecule has 0 radical (unpaired) electrons. The summed E-state index contributed by atoms with van der Waals surface area (Å²) in [7, 11) is 0. The Bertz CT molecular complexity index is 690. The van der Waals surface area contributed by atoms with E-state index in [1.165, 1.54) is 0 Å². The molecule has 0 aromatic carbocycles. The van der Waals surface area contributed by atoms with Gasteiger partial charge in [-0.1, -0.05) is 13.3 Å². The van der Waals surface area contributed by atoms with Gasteiger partial charge in [-0.25, -0.2) is 0 Å². The van der Waals surface area contributed by atoms with Gasteiger partial charge in [-0.2, -0.15) is 9.97 Å². The van der Waals surface area contributed by atoms with Crippen molar-refractivity contribution in [1.29, 1.82) is 0 Å². The zero-order chi connectivity index (χ0) is 21.5. The van der Waals surface area contributed by atoms with Crippen molar-refractivity contribution in [3.63, 3.8) is 0 Å². The summed E-state index contributed by atoms with van der Waals surface area (Å²) < 4.78 is 0. The number of nitrogens with two attached hydrogens (primary N) is 1. The van der Waals surface area contributed by atoms with E-state index in [0.717, 1.165) is 83.6 Å². The summed E-state index contributed by atoms with van der Waals surface area (Å²) in [5.41, 5.74) is 6.80. The van der Waals surface area contributed by atoms with Crippen molar-refractivity contribution < 1.29 is 4.79 Å². The summed E-state index contributed by atoms with van der Waals surface area (Å²) >= 11 is 0. The molecule has 4 N–H and O–H groups in total. The summed E-state index contributed by atoms with van der Waals surface area (Å²) in [6.45, 7) is 13.9. The maximum atomic E-state index is 11.6. The monoisotopic (exact) mass is 418 g/mol. The molecule has 2 aliphatic rings. The minimum Gasteiger partial charge on any atom is -0.382 e. The van der Waals surface area contributed by atoms with Crippen LogP contribution in [0.4, 0.5) is 23.3 Å². The average Bonchev–Trinajstić information content (AvgIpc) is 3.10. The van der Waals surface area contributed by atoms with Crippen molar-refractivity contribution in [3.05, 3.63) is 0 Å². The fourth-order valence-corrected chi connectivity index (χ4v) is 4.10. The number of rotatable bonds is 11. The third kappa shape index (κ3) is 5.51. The molecule has 1 fully saturated rings. The molecular weight excluding hydrogens is 380 g/mol. The summed E-state index contributed by atoms with van der Waals surface area (Å²) in [5, 5.41) is 6.40. The molecule has 0 aliphatic carbocycles. The predicted octanol–water partition coefficient (Wildman–Crippen LogP) is 1.83. The van der Waals surface area contributed by atoms with Gasteiger partial charge >= 0.3 is 0 Å². The Morgan fingerprint density at radius 3 is 2.57 bits per heavy atom. The quantitative estimate of drug-likeness (QED) is 0.367. The molecule has 9 nitrogen and oxygen atoms in total. The molecule has 0 amide bonds. The van der Waals surface area contributed by atoms with Crippen LogP contribution in [-0.4, -0.2) is 84.1 Å². The maximum Gasteiger partial charge on any atom is 0.226 e. The first-order valence-electron chi connectivity index (χ1n) is 11.4. The second-order valence-corrected chi connectivity index (χ2v) is 8.51. The van der Waals surface area contributed by atoms with Gasteiger partial charge in [0.1, 0.15) is 5.69 Å². The van der Waals surface area contributed by atoms with Crippen molar-refractivity contribution >= 4 is 29.6 Å². The molecule has 1 aromatic heterocycles. The summed E-state index contributed by atoms with van der Waals surface area (Å²) in [6, 6.07) is 0.630. The molecule has 0 bridgehead atoms. The van der Waals surface area contributed by atoms with Gasteiger partial charge in [-0.05, 0) is 39.7 Å². The van der Waals surface area contributed by atoms with Crippen LogP contribution in [0.5, 0.6) is 0 Å². The highest BCUT2D eigenvalue weighted by molar-refractivity contribution is 5.88. The number of hydrogen-bond acceptors (Lipinski definition) is 9. The fourth-order valence-electron chi connectivity index (χ4n) is 4.10. The number of anilines is 4. The number of carbonyl (C=O) groups excluding carboxylic acids is 1. The zero-order valence-electron chi connectivity index (χ0n) is 18.7. The minimum absolute atomic E-state index is 0.386. The molecule has 0 saturated carbocycles. The number of nitrogens with zero attached hydrogens (tertiary/aromatic N) is 5. The standard InChI is InChI=1S/C21H38N8O/c1-4-5-8-23-21-25-19(22)18-20(26-21)29(17(15-30)24-18)10-7-6-9-27-11-13-28(14-12-27)16(2)3/h15-17,24H,4-14H2,1-3H3,(H3,22,23,25,26). The molecule has 2 aliphatic heterocycles. The fraction of sp³-hybridized carbons (Fsp3) is 0.762. The third-order valence-electron chi connectivity index (χ3n) is 6.02. The van der Waals surface area contributed by atoms with Crippen LogP contribution in [0.3, 0.4) is 0 Å². The smallest absolute Gasteiger partial charge is 0.226 e. The molecule has 168 valence electrons. The Hall–Kier alpha value is -2.13. The molecular formula is C21H38N8O. The van der Waals surface area contributed by atoms with Gasteiger partial charge in [0.05, 0.1) is 0 Å². The van der Waals surface area contributed by atoms with E-state index in [4.69, 9.17) is 5.73 Å². The zero-order valence-corrected chi connectivity index (χ0v) is 18.7. The van der Waals surface area contributed by atoms with E-state index in [2.05, 4.69) is 51.2 Å². The van der Waals surface area contributed by atoms with Gasteiger partial charge in [-0.3, -0.25) is 9.69 Å². The van der Waals surface area contributed by atoms with E-state index < -0.39 is 6.17 Å². The Morgan fingerprint density at radius 1 is 1.17 bits per heavy atom. The Morgan fingerprint density at radius 2 is 1.90 bits per heavy atom. The first-order chi connectivity index (χ1) is 14.5. The number of piperazine rings is 1. The van der Waals surface area contributed by atoms with E-state index in [1.807, 2.05) is 4.90 Å². The molecule has 1 aromatic rings. The minimum atomic E-state index is -0.433. The normalized spacial score (nSPS) is 19.7. The number of aldehydes is 1. The highest BCUT2D eigenvalue weighted by atomic mass is 16.1. The van der Waals surface area contributed by atoms with Gasteiger partial charge in [0.2, 0.25) is 5.95 Å². The molecule has 3 rings (SSSR count). The summed E-state index contributed by atoms with van der Waals surface area (Å²) in [4.78, 5) is 27.7. The number of unbranched alkanes of at least 4 members (excludes halogenated alkanes) is 2. The number of carbonyl (C=O) groups is 1. The van der Waals surface area contributed by atoms with Crippen LogP contribution in [-0.2, 0) is 4.79 Å². The molecule has 1 atom stereocenters. The third-order valence-corrected chi connectivity index (χ3v) is 6.02. The van der Waals surface area contributed by atoms with E-state index in [0.29, 0.717) is 23.5 Å². The van der Waals surface area contributed by atoms with Gasteiger partial charge in [-0.15, -0.1) is 0 Å². The van der Waals surface area contributed by atoms with E-state index in [-0.39, 0.29) is 0 Å². The largest absolute Gasteiger partial charge is 0.382 e. The van der Waals surface area contributed by atoms with Crippen molar-refractivity contribution in [2.75, 3.05) is 67.1 Å². The summed E-state index contributed by atoms with van der Waals surface area (Å²) in [6.07, 6.45) is 4.72. The average molecular weight is 419 g/mol. The maximum absolute atomic E-state index is 11.6. The number of nitrogen functional groups attached to an aromatic ring is 1. The van der Waals surface area contributed by atoms with Crippen molar-refractivity contribution in [1.82, 2.24) is 19.8 Å². The van der Waals surface area contributed by atoms with Crippen molar-refractivity contribution in [2.45, 2.75) is 58.7 Å². The van der Waals surface area contributed by atoms with Gasteiger partial charge < -0.3 is 26.2 Å². The number of nitrogens with one attached hydrogen (secondary N) is 2. The first kappa shape index (κ1) is 22.6. The van der Waals surface area contributed by atoms with Gasteiger partial charge in [0, 0.05) is 45.3 Å². The molecule has 30 heavy (non-hydrogen) atoms. The van der Waals surface area contributed by atoms with Crippen LogP contribution in [0.1, 0.15) is 46.5 Å². The lowest BCUT2D eigenvalue weighted by molar-refractivity contribution is -0.108. The lowest BCUT2D eigenvalue weighted by Gasteiger charge is -2.37. The Labute approximate surface area is 180 Å². The second-order valence-electron chi connectivity index (χ2n) is 8.51. The van der Waals surface area contributed by atoms with Crippen LogP contribution >= 0.6 is 0 Å². The lowest BCUT2D eigenvalue weighted by atomic mass is 10.2. The predicted molar refractivity (Wildman–Crippen MR) is 123 cm³/mol. The lowest BCUT2D eigenvalue weighted by Crippen LogP contribution is -2.49. The van der Waals surface area contributed by atoms with Crippen LogP contribution in [0.25, 0.3) is 0 Å². The summed E-state index contributed by atoms with van der Waals surface area (Å²) in [5.74, 6) is 1.64. The molecule has 1 unspecified atom stereocenters. The Kier molecular flexibility index (Phi) is 8.09. The van der Waals surface area contributed by atoms with Crippen LogP contribution < -0.4 is 21.3 Å². The molecule has 1 saturated heterocycles. The highest BCUT2D eigenvalue weighted by Crippen LogP contribution is 2.37. The Balaban J connectivity index is 1.52. The number of aromatic nitrogens is 2. The van der Waals surface area contributed by atoms with Crippen LogP contribution in [0.15, 0.2) is 0 Å². The van der Waals surface area contributed by atoms with E-state index in [9.17, 15) is 4.79 Å². The molecule has 0 spiro atoms. The second kappa shape index (κ2) is 10.8. The number of fused-ring (bicyclic) bond motifs is 1. The molecule has 9 heteroatoms. The van der Waals surface area contributed by atoms with E-state index in [1.54, 1.807) is 0 Å². The van der Waals surface area contributed by atoms with Crippen molar-refractivity contribution in [2.24, 2.45) is 0 Å². The first-order valence-corrected chi connectivity index (χ1v) is 11.4.